The first-order valence-electron chi connectivity index (χ1n) is 4.96. The third kappa shape index (κ3) is 1.88. The van der Waals surface area contributed by atoms with Gasteiger partial charge in [-0.05, 0) is 31.5 Å². The van der Waals surface area contributed by atoms with Crippen LogP contribution < -0.4 is 5.32 Å². The summed E-state index contributed by atoms with van der Waals surface area (Å²) in [5.74, 6) is 0. The van der Waals surface area contributed by atoms with Crippen molar-refractivity contribution in [1.82, 2.24) is 5.32 Å². The highest BCUT2D eigenvalue weighted by atomic mass is 32.2. The normalized spacial score (nSPS) is 23.6. The molecule has 1 unspecified atom stereocenters. The van der Waals surface area contributed by atoms with Gasteiger partial charge in [-0.3, -0.25) is 4.21 Å². The van der Waals surface area contributed by atoms with Crippen molar-refractivity contribution in [3.8, 4) is 0 Å². The molecule has 2 rings (SSSR count). The van der Waals surface area contributed by atoms with Gasteiger partial charge in [0.2, 0.25) is 0 Å². The summed E-state index contributed by atoms with van der Waals surface area (Å²) in [6.45, 7) is 3.92. The van der Waals surface area contributed by atoms with E-state index in [-0.39, 0.29) is 0 Å². The van der Waals surface area contributed by atoms with Crippen molar-refractivity contribution >= 4 is 10.8 Å². The number of rotatable bonds is 2. The Bertz CT molecular complexity index is 345. The molecule has 3 heteroatoms. The first-order chi connectivity index (χ1) is 6.79. The monoisotopic (exact) mass is 209 g/mol. The van der Waals surface area contributed by atoms with Crippen LogP contribution in [0.3, 0.4) is 0 Å². The molecule has 0 radical (unpaired) electrons. The largest absolute Gasteiger partial charge is 0.315 e. The minimum Gasteiger partial charge on any atom is -0.315 e. The molecular formula is C11H15NOS. The molecule has 1 heterocycles. The van der Waals surface area contributed by atoms with Crippen LogP contribution in [0.1, 0.15) is 12.0 Å². The van der Waals surface area contributed by atoms with Gasteiger partial charge in [0.25, 0.3) is 0 Å². The Labute approximate surface area is 87.2 Å². The van der Waals surface area contributed by atoms with Gasteiger partial charge in [-0.15, -0.1) is 0 Å². The fourth-order valence-corrected chi connectivity index (χ4v) is 3.33. The van der Waals surface area contributed by atoms with E-state index in [2.05, 4.69) is 5.32 Å². The van der Waals surface area contributed by atoms with E-state index in [4.69, 9.17) is 0 Å². The van der Waals surface area contributed by atoms with Crippen LogP contribution in [0.25, 0.3) is 0 Å². The van der Waals surface area contributed by atoms with Gasteiger partial charge in [-0.1, -0.05) is 18.2 Å². The Kier molecular flexibility index (Phi) is 2.99. The van der Waals surface area contributed by atoms with Crippen molar-refractivity contribution in [3.05, 3.63) is 29.8 Å². The Morgan fingerprint density at radius 1 is 1.43 bits per heavy atom. The minimum atomic E-state index is -0.833. The van der Waals surface area contributed by atoms with Gasteiger partial charge in [-0.25, -0.2) is 0 Å². The maximum absolute atomic E-state index is 12.1. The van der Waals surface area contributed by atoms with Crippen molar-refractivity contribution < 1.29 is 4.21 Å². The molecule has 0 aromatic heterocycles. The highest BCUT2D eigenvalue weighted by Gasteiger charge is 2.22. The van der Waals surface area contributed by atoms with Crippen LogP contribution in [0.2, 0.25) is 0 Å². The summed E-state index contributed by atoms with van der Waals surface area (Å²) < 4.78 is 12.1. The summed E-state index contributed by atoms with van der Waals surface area (Å²) in [6.07, 6.45) is 1.03. The summed E-state index contributed by atoms with van der Waals surface area (Å²) in [6, 6.07) is 7.95. The third-order valence-electron chi connectivity index (χ3n) is 2.63. The molecule has 1 aliphatic rings. The quantitative estimate of drug-likeness (QED) is 0.799. The molecule has 0 amide bonds. The van der Waals surface area contributed by atoms with Crippen LogP contribution in [0.4, 0.5) is 0 Å². The van der Waals surface area contributed by atoms with Crippen molar-refractivity contribution in [2.75, 3.05) is 13.1 Å². The lowest BCUT2D eigenvalue weighted by molar-refractivity contribution is 0.672. The Morgan fingerprint density at radius 2 is 2.21 bits per heavy atom. The van der Waals surface area contributed by atoms with E-state index < -0.39 is 10.8 Å². The molecule has 76 valence electrons. The smallest absolute Gasteiger partial charge is 0.0576 e. The third-order valence-corrected chi connectivity index (χ3v) is 4.53. The van der Waals surface area contributed by atoms with Crippen LogP contribution >= 0.6 is 0 Å². The number of aryl methyl sites for hydroxylation is 1. The average molecular weight is 209 g/mol. The molecule has 1 aromatic rings. The molecule has 0 spiro atoms. The van der Waals surface area contributed by atoms with Crippen molar-refractivity contribution in [1.29, 1.82) is 0 Å². The van der Waals surface area contributed by atoms with Crippen LogP contribution in [0, 0.1) is 6.92 Å². The molecule has 2 atom stereocenters. The predicted molar refractivity (Wildman–Crippen MR) is 58.9 cm³/mol. The summed E-state index contributed by atoms with van der Waals surface area (Å²) in [5.41, 5.74) is 1.14. The second-order valence-electron chi connectivity index (χ2n) is 3.68. The van der Waals surface area contributed by atoms with E-state index in [0.717, 1.165) is 30.0 Å². The molecule has 1 aliphatic heterocycles. The first kappa shape index (κ1) is 9.87. The van der Waals surface area contributed by atoms with Crippen molar-refractivity contribution in [2.24, 2.45) is 0 Å². The fraction of sp³-hybridized carbons (Fsp3) is 0.455. The lowest BCUT2D eigenvalue weighted by Gasteiger charge is -2.10. The zero-order chi connectivity index (χ0) is 9.97. The highest BCUT2D eigenvalue weighted by Crippen LogP contribution is 2.18. The molecule has 2 nitrogen and oxygen atoms in total. The molecule has 14 heavy (non-hydrogen) atoms. The predicted octanol–water partition coefficient (Wildman–Crippen LogP) is 1.46. The second kappa shape index (κ2) is 4.24. The van der Waals surface area contributed by atoms with Gasteiger partial charge in [-0.2, -0.15) is 0 Å². The highest BCUT2D eigenvalue weighted by molar-refractivity contribution is 7.85. The summed E-state index contributed by atoms with van der Waals surface area (Å²) >= 11 is 0. The van der Waals surface area contributed by atoms with Gasteiger partial charge < -0.3 is 5.32 Å². The van der Waals surface area contributed by atoms with Crippen LogP contribution in [-0.4, -0.2) is 22.5 Å². The molecule has 0 saturated carbocycles. The second-order valence-corrected chi connectivity index (χ2v) is 5.38. The van der Waals surface area contributed by atoms with E-state index >= 15 is 0 Å². The van der Waals surface area contributed by atoms with Gasteiger partial charge in [0, 0.05) is 11.4 Å². The maximum atomic E-state index is 12.1. The van der Waals surface area contributed by atoms with Crippen molar-refractivity contribution in [2.45, 2.75) is 23.5 Å². The van der Waals surface area contributed by atoms with Crippen LogP contribution in [-0.2, 0) is 10.8 Å². The SMILES string of the molecule is Cc1ccccc1S(=O)[C@@H]1CCNC1. The van der Waals surface area contributed by atoms with Gasteiger partial charge in [0.1, 0.15) is 0 Å². The molecule has 1 N–H and O–H groups in total. The number of benzene rings is 1. The van der Waals surface area contributed by atoms with E-state index in [1.807, 2.05) is 31.2 Å². The Hall–Kier alpha value is -0.670. The van der Waals surface area contributed by atoms with E-state index in [0.29, 0.717) is 5.25 Å². The molecule has 1 aromatic carbocycles. The molecule has 0 aliphatic carbocycles. The van der Waals surface area contributed by atoms with Crippen LogP contribution in [0.5, 0.6) is 0 Å². The molecular weight excluding hydrogens is 194 g/mol. The lowest BCUT2D eigenvalue weighted by atomic mass is 10.2. The van der Waals surface area contributed by atoms with Crippen LogP contribution in [0.15, 0.2) is 29.2 Å². The zero-order valence-corrected chi connectivity index (χ0v) is 9.14. The summed E-state index contributed by atoms with van der Waals surface area (Å²) in [5, 5.41) is 3.55. The van der Waals surface area contributed by atoms with E-state index in [9.17, 15) is 4.21 Å². The van der Waals surface area contributed by atoms with Gasteiger partial charge in [0.05, 0.1) is 16.0 Å². The first-order valence-corrected chi connectivity index (χ1v) is 6.17. The number of hydrogen-bond acceptors (Lipinski definition) is 2. The van der Waals surface area contributed by atoms with Gasteiger partial charge >= 0.3 is 0 Å². The van der Waals surface area contributed by atoms with Crippen molar-refractivity contribution in [3.63, 3.8) is 0 Å². The zero-order valence-electron chi connectivity index (χ0n) is 8.32. The Morgan fingerprint density at radius 3 is 2.86 bits per heavy atom. The Balaban J connectivity index is 2.22. The van der Waals surface area contributed by atoms with E-state index in [1.54, 1.807) is 0 Å². The summed E-state index contributed by atoms with van der Waals surface area (Å²) in [4.78, 5) is 1.00. The minimum absolute atomic E-state index is 0.302. The van der Waals surface area contributed by atoms with E-state index in [1.165, 1.54) is 0 Å². The number of hydrogen-bond donors (Lipinski definition) is 1. The molecule has 1 fully saturated rings. The maximum Gasteiger partial charge on any atom is 0.0576 e. The lowest BCUT2D eigenvalue weighted by Crippen LogP contribution is -2.19. The fourth-order valence-electron chi connectivity index (χ4n) is 1.77. The summed E-state index contributed by atoms with van der Waals surface area (Å²) in [7, 11) is -0.833. The topological polar surface area (TPSA) is 29.1 Å². The standard InChI is InChI=1S/C11H15NOS/c1-9-4-2-3-5-11(9)14(13)10-6-7-12-8-10/h2-5,10,12H,6-8H2,1H3/t10-,14?/m1/s1. The molecule has 0 bridgehead atoms. The average Bonchev–Trinajstić information content (AvgIpc) is 2.70. The molecule has 1 saturated heterocycles. The van der Waals surface area contributed by atoms with Gasteiger partial charge in [0.15, 0.2) is 0 Å². The number of nitrogens with one attached hydrogen (secondary N) is 1.